The van der Waals surface area contributed by atoms with Gasteiger partial charge in [-0.25, -0.2) is 0 Å². The first-order valence-electron chi connectivity index (χ1n) is 13.7. The van der Waals surface area contributed by atoms with Gasteiger partial charge in [0.1, 0.15) is 17.2 Å². The third-order valence-electron chi connectivity index (χ3n) is 8.67. The largest absolute Gasteiger partial charge is 0.507 e. The molecule has 1 fully saturated rings. The van der Waals surface area contributed by atoms with E-state index in [2.05, 4.69) is 11.0 Å². The van der Waals surface area contributed by atoms with Crippen LogP contribution in [0.3, 0.4) is 0 Å². The van der Waals surface area contributed by atoms with Gasteiger partial charge in [-0.3, -0.25) is 14.5 Å². The second-order valence-electron chi connectivity index (χ2n) is 11.3. The molecular formula is C32H31N3O5. The average Bonchev–Trinajstić information content (AvgIpc) is 3.43. The molecule has 8 heteroatoms. The lowest BCUT2D eigenvalue weighted by Crippen LogP contribution is -2.46. The van der Waals surface area contributed by atoms with Crippen LogP contribution in [0, 0.1) is 12.8 Å². The maximum Gasteiger partial charge on any atom is 0.250 e. The van der Waals surface area contributed by atoms with E-state index in [-0.39, 0.29) is 28.8 Å². The average molecular weight is 538 g/mol. The number of nitrogens with zero attached hydrogens (tertiary/aromatic N) is 3. The highest BCUT2D eigenvalue weighted by Crippen LogP contribution is 2.44. The molecule has 2 aromatic heterocycles. The number of ketones is 1. The Morgan fingerprint density at radius 3 is 2.80 bits per heavy atom. The smallest absolute Gasteiger partial charge is 0.250 e. The van der Waals surface area contributed by atoms with E-state index in [0.29, 0.717) is 41.4 Å². The molecule has 0 amide bonds. The van der Waals surface area contributed by atoms with Gasteiger partial charge in [-0.1, -0.05) is 6.07 Å². The first-order valence-corrected chi connectivity index (χ1v) is 13.7. The zero-order valence-corrected chi connectivity index (χ0v) is 22.8. The van der Waals surface area contributed by atoms with Gasteiger partial charge in [0, 0.05) is 73.6 Å². The van der Waals surface area contributed by atoms with E-state index in [1.54, 1.807) is 25.3 Å². The third-order valence-corrected chi connectivity index (χ3v) is 8.67. The summed E-state index contributed by atoms with van der Waals surface area (Å²) in [4.78, 5) is 28.4. The minimum atomic E-state index is -0.183. The Kier molecular flexibility index (Phi) is 5.64. The summed E-state index contributed by atoms with van der Waals surface area (Å²) in [5, 5.41) is 12.0. The Hall–Kier alpha value is -4.30. The molecule has 3 aliphatic heterocycles. The molecule has 2 atom stereocenters. The van der Waals surface area contributed by atoms with Crippen LogP contribution in [-0.2, 0) is 20.1 Å². The molecule has 7 rings (SSSR count). The Balaban J connectivity index is 1.22. The Morgan fingerprint density at radius 2 is 1.98 bits per heavy atom. The first-order chi connectivity index (χ1) is 19.3. The van der Waals surface area contributed by atoms with Crippen LogP contribution in [0.4, 0.5) is 0 Å². The number of Topliss-reactive ketones (excluding diaryl/α,β-unsaturated/α-hetero) is 1. The molecule has 0 spiro atoms. The summed E-state index contributed by atoms with van der Waals surface area (Å²) >= 11 is 0. The van der Waals surface area contributed by atoms with E-state index in [1.165, 1.54) is 0 Å². The molecule has 2 bridgehead atoms. The van der Waals surface area contributed by atoms with Crippen LogP contribution >= 0.6 is 0 Å². The second-order valence-corrected chi connectivity index (χ2v) is 11.3. The Morgan fingerprint density at radius 1 is 1.12 bits per heavy atom. The van der Waals surface area contributed by atoms with E-state index in [1.807, 2.05) is 53.6 Å². The number of aromatic hydroxyl groups is 1. The first kappa shape index (κ1) is 24.7. The molecule has 0 unspecified atom stereocenters. The molecule has 1 N–H and O–H groups in total. The lowest BCUT2D eigenvalue weighted by Gasteiger charge is -2.43. The van der Waals surface area contributed by atoms with Gasteiger partial charge in [0.2, 0.25) is 5.78 Å². The van der Waals surface area contributed by atoms with Gasteiger partial charge >= 0.3 is 0 Å². The molecule has 40 heavy (non-hydrogen) atoms. The van der Waals surface area contributed by atoms with E-state index >= 15 is 0 Å². The van der Waals surface area contributed by atoms with Gasteiger partial charge in [-0.15, -0.1) is 0 Å². The number of phenolic OH excluding ortho intramolecular Hbond substituents is 1. The number of aromatic nitrogens is 2. The topological polar surface area (TPSA) is 85.9 Å². The van der Waals surface area contributed by atoms with E-state index in [0.717, 1.165) is 47.4 Å². The highest BCUT2D eigenvalue weighted by molar-refractivity contribution is 6.16. The van der Waals surface area contributed by atoms with Crippen LogP contribution < -0.4 is 15.0 Å². The molecule has 5 heterocycles. The number of piperidine rings is 1. The number of carbonyl (C=O) groups excluding carboxylic acids is 1. The second kappa shape index (κ2) is 9.13. The number of likely N-dealkylation sites (tertiary alicyclic amines) is 1. The number of pyridine rings is 1. The molecule has 0 radical (unpaired) electrons. The van der Waals surface area contributed by atoms with Crippen molar-refractivity contribution in [1.29, 1.82) is 0 Å². The van der Waals surface area contributed by atoms with Crippen molar-refractivity contribution in [3.63, 3.8) is 0 Å². The van der Waals surface area contributed by atoms with E-state index in [4.69, 9.17) is 9.47 Å². The number of benzene rings is 2. The van der Waals surface area contributed by atoms with Crippen LogP contribution in [0.15, 0.2) is 59.2 Å². The molecule has 204 valence electrons. The van der Waals surface area contributed by atoms with Crippen molar-refractivity contribution in [3.05, 3.63) is 92.7 Å². The van der Waals surface area contributed by atoms with Gasteiger partial charge in [-0.05, 0) is 61.2 Å². The third kappa shape index (κ3) is 3.85. The van der Waals surface area contributed by atoms with Crippen LogP contribution in [0.1, 0.15) is 45.1 Å². The van der Waals surface area contributed by atoms with Gasteiger partial charge in [0.15, 0.2) is 5.76 Å². The molecule has 8 nitrogen and oxygen atoms in total. The van der Waals surface area contributed by atoms with E-state index < -0.39 is 0 Å². The number of fused-ring (bicyclic) bond motifs is 6. The number of allylic oxidation sites excluding steroid dienone is 1. The molecule has 1 saturated heterocycles. The number of ether oxygens (including phenoxy) is 2. The molecule has 4 aromatic rings. The normalized spacial score (nSPS) is 21.0. The zero-order chi connectivity index (χ0) is 27.7. The number of aryl methyl sites for hydroxylation is 2. The summed E-state index contributed by atoms with van der Waals surface area (Å²) in [5.41, 5.74) is 4.83. The van der Waals surface area contributed by atoms with Crippen molar-refractivity contribution in [2.75, 3.05) is 20.2 Å². The van der Waals surface area contributed by atoms with Gasteiger partial charge in [-0.2, -0.15) is 0 Å². The van der Waals surface area contributed by atoms with Crippen LogP contribution in [0.5, 0.6) is 17.2 Å². The van der Waals surface area contributed by atoms with Crippen LogP contribution in [0.2, 0.25) is 0 Å². The van der Waals surface area contributed by atoms with Crippen LogP contribution in [0.25, 0.3) is 17.0 Å². The van der Waals surface area contributed by atoms with Crippen molar-refractivity contribution in [2.45, 2.75) is 32.4 Å². The highest BCUT2D eigenvalue weighted by Gasteiger charge is 2.37. The lowest BCUT2D eigenvalue weighted by atomic mass is 9.83. The minimum Gasteiger partial charge on any atom is -0.507 e. The lowest BCUT2D eigenvalue weighted by molar-refractivity contribution is 0.101. The number of phenols is 1. The minimum absolute atomic E-state index is 0.0607. The monoisotopic (exact) mass is 537 g/mol. The summed E-state index contributed by atoms with van der Waals surface area (Å²) in [5.74, 6) is 1.98. The Labute approximate surface area is 231 Å². The predicted molar refractivity (Wildman–Crippen MR) is 152 cm³/mol. The highest BCUT2D eigenvalue weighted by atomic mass is 16.5. The van der Waals surface area contributed by atoms with Gasteiger partial charge in [0.25, 0.3) is 5.56 Å². The standard InChI is InChI=1S/C32H31N3O5/c1-18-9-27(36)24(17-34-13-19-10-21(16-34)25-5-4-6-29(37)35(25)14-19)32-30(18)31(38)28(40-32)11-20-15-33(2)26-8-7-22(39-3)12-23(20)26/h4-9,11-12,15,19,21,36H,10,13-14,16-17H2,1-3H3/b28-11-/t19-,21+/m1/s1. The summed E-state index contributed by atoms with van der Waals surface area (Å²) < 4.78 is 15.6. The number of carbonyl (C=O) groups is 1. The number of methoxy groups -OCH3 is 1. The summed E-state index contributed by atoms with van der Waals surface area (Å²) in [6.07, 6.45) is 4.80. The fourth-order valence-electron chi connectivity index (χ4n) is 6.87. The van der Waals surface area contributed by atoms with Gasteiger partial charge < -0.3 is 23.7 Å². The quantitative estimate of drug-likeness (QED) is 0.383. The molecule has 0 aliphatic carbocycles. The van der Waals surface area contributed by atoms with Crippen molar-refractivity contribution in [2.24, 2.45) is 13.0 Å². The van der Waals surface area contributed by atoms with Crippen molar-refractivity contribution >= 4 is 22.8 Å². The molecular weight excluding hydrogens is 506 g/mol. The summed E-state index contributed by atoms with van der Waals surface area (Å²) in [6.45, 7) is 4.59. The summed E-state index contributed by atoms with van der Waals surface area (Å²) in [6, 6.07) is 13.0. The SMILES string of the molecule is COc1ccc2c(c1)c(/C=C1\Oc3c(CN4C[C@H]5C[C@@H](C4)c4cccc(=O)n4C5)c(O)cc(C)c3C1=O)cn2C. The molecule has 2 aromatic carbocycles. The predicted octanol–water partition coefficient (Wildman–Crippen LogP) is 4.60. The fraction of sp³-hybridized carbons (Fsp3) is 0.312. The number of rotatable bonds is 4. The Bertz CT molecular complexity index is 1800. The maximum absolute atomic E-state index is 13.6. The maximum atomic E-state index is 13.6. The van der Waals surface area contributed by atoms with Crippen molar-refractivity contribution in [1.82, 2.24) is 14.0 Å². The van der Waals surface area contributed by atoms with Gasteiger partial charge in [0.05, 0.1) is 18.2 Å². The molecule has 0 saturated carbocycles. The number of hydrogen-bond donors (Lipinski definition) is 1. The van der Waals surface area contributed by atoms with E-state index in [9.17, 15) is 14.7 Å². The molecule has 3 aliphatic rings. The van der Waals surface area contributed by atoms with Crippen LogP contribution in [-0.4, -0.2) is 45.1 Å². The fourth-order valence-corrected chi connectivity index (χ4v) is 6.87. The van der Waals surface area contributed by atoms with Crippen molar-refractivity contribution < 1.29 is 19.4 Å². The van der Waals surface area contributed by atoms with Crippen molar-refractivity contribution in [3.8, 4) is 17.2 Å². The summed E-state index contributed by atoms with van der Waals surface area (Å²) in [7, 11) is 3.60. The zero-order valence-electron chi connectivity index (χ0n) is 22.8. The number of hydrogen-bond acceptors (Lipinski definition) is 6.